The highest BCUT2D eigenvalue weighted by molar-refractivity contribution is 6.31. The number of benzene rings is 3. The molecule has 8 nitrogen and oxygen atoms in total. The summed E-state index contributed by atoms with van der Waals surface area (Å²) < 4.78 is 0. The second-order valence-corrected chi connectivity index (χ2v) is 11.0. The zero-order valence-corrected chi connectivity index (χ0v) is 21.9. The van der Waals surface area contributed by atoms with E-state index in [1.54, 1.807) is 35.2 Å². The Bertz CT molecular complexity index is 1590. The molecular weight excluding hydrogens is 516 g/mol. The first-order valence-corrected chi connectivity index (χ1v) is 13.4. The van der Waals surface area contributed by atoms with Crippen molar-refractivity contribution in [2.75, 3.05) is 27.8 Å². The van der Waals surface area contributed by atoms with Crippen LogP contribution in [0.1, 0.15) is 18.1 Å². The van der Waals surface area contributed by atoms with Crippen molar-refractivity contribution in [1.82, 2.24) is 5.32 Å². The fraction of sp³-hybridized carbons (Fsp3) is 0.267. The molecule has 3 aromatic carbocycles. The maximum atomic E-state index is 14.4. The number of carbonyl (C=O) groups is 4. The van der Waals surface area contributed by atoms with Crippen LogP contribution in [-0.4, -0.2) is 42.8 Å². The monoisotopic (exact) mass is 540 g/mol. The Hall–Kier alpha value is -4.01. The van der Waals surface area contributed by atoms with Crippen LogP contribution in [0.3, 0.4) is 0 Å². The van der Waals surface area contributed by atoms with E-state index in [-0.39, 0.29) is 18.4 Å². The SMILES string of the molecule is C[C@@H]1N[C@]2(C(=O)N(CC(=O)N3CCc4ccccc43)c3ccccc32)[C@@H]2C(=O)N(c3cccc(Cl)c3)C(=O)[C@@H]12. The van der Waals surface area contributed by atoms with Gasteiger partial charge in [-0.3, -0.25) is 24.5 Å². The Balaban J connectivity index is 1.28. The average molecular weight is 541 g/mol. The summed E-state index contributed by atoms with van der Waals surface area (Å²) in [7, 11) is 0. The highest BCUT2D eigenvalue weighted by atomic mass is 35.5. The van der Waals surface area contributed by atoms with Crippen LogP contribution in [0.4, 0.5) is 17.1 Å². The Morgan fingerprint density at radius 1 is 0.974 bits per heavy atom. The third-order valence-electron chi connectivity index (χ3n) is 8.56. The van der Waals surface area contributed by atoms with E-state index in [0.717, 1.165) is 22.6 Å². The van der Waals surface area contributed by atoms with Crippen molar-refractivity contribution in [2.45, 2.75) is 24.9 Å². The molecule has 39 heavy (non-hydrogen) atoms. The summed E-state index contributed by atoms with van der Waals surface area (Å²) in [6, 6.07) is 21.1. The van der Waals surface area contributed by atoms with Gasteiger partial charge in [-0.25, -0.2) is 4.90 Å². The first-order valence-electron chi connectivity index (χ1n) is 13.0. The van der Waals surface area contributed by atoms with E-state index in [1.807, 2.05) is 49.4 Å². The second-order valence-electron chi connectivity index (χ2n) is 10.6. The third-order valence-corrected chi connectivity index (χ3v) is 8.80. The maximum Gasteiger partial charge on any atom is 0.253 e. The van der Waals surface area contributed by atoms with E-state index in [9.17, 15) is 19.2 Å². The molecule has 7 rings (SSSR count). The highest BCUT2D eigenvalue weighted by Gasteiger charge is 2.71. The van der Waals surface area contributed by atoms with Gasteiger partial charge < -0.3 is 9.80 Å². The summed E-state index contributed by atoms with van der Waals surface area (Å²) >= 11 is 6.17. The highest BCUT2D eigenvalue weighted by Crippen LogP contribution is 2.55. The van der Waals surface area contributed by atoms with E-state index in [4.69, 9.17) is 11.6 Å². The van der Waals surface area contributed by atoms with Gasteiger partial charge in [-0.2, -0.15) is 0 Å². The summed E-state index contributed by atoms with van der Waals surface area (Å²) in [6.07, 6.45) is 0.759. The fourth-order valence-corrected chi connectivity index (χ4v) is 7.14. The van der Waals surface area contributed by atoms with Crippen LogP contribution >= 0.6 is 11.6 Å². The molecule has 1 N–H and O–H groups in total. The smallest absolute Gasteiger partial charge is 0.253 e. The van der Waals surface area contributed by atoms with Gasteiger partial charge in [0.05, 0.1) is 17.5 Å². The van der Waals surface area contributed by atoms with Crippen molar-refractivity contribution in [2.24, 2.45) is 11.8 Å². The normalized spacial score (nSPS) is 27.0. The summed E-state index contributed by atoms with van der Waals surface area (Å²) in [5.74, 6) is -3.10. The van der Waals surface area contributed by atoms with Gasteiger partial charge in [-0.1, -0.05) is 54.1 Å². The topological polar surface area (TPSA) is 90.0 Å². The molecule has 4 aliphatic rings. The number of fused-ring (bicyclic) bond motifs is 5. The predicted octanol–water partition coefficient (Wildman–Crippen LogP) is 3.27. The third kappa shape index (κ3) is 3.22. The van der Waals surface area contributed by atoms with Crippen LogP contribution in [0.25, 0.3) is 0 Å². The number of hydrogen-bond acceptors (Lipinski definition) is 5. The minimum atomic E-state index is -1.45. The number of nitrogens with one attached hydrogen (secondary N) is 1. The lowest BCUT2D eigenvalue weighted by atomic mass is 9.76. The van der Waals surface area contributed by atoms with Crippen LogP contribution in [0.5, 0.6) is 0 Å². The van der Waals surface area contributed by atoms with Gasteiger partial charge in [0.2, 0.25) is 17.7 Å². The fourth-order valence-electron chi connectivity index (χ4n) is 6.95. The molecule has 0 unspecified atom stereocenters. The summed E-state index contributed by atoms with van der Waals surface area (Å²) in [5.41, 5.74) is 2.07. The minimum Gasteiger partial charge on any atom is -0.310 e. The Morgan fingerprint density at radius 2 is 1.72 bits per heavy atom. The second kappa shape index (κ2) is 8.49. The van der Waals surface area contributed by atoms with Gasteiger partial charge in [0.25, 0.3) is 5.91 Å². The van der Waals surface area contributed by atoms with Crippen LogP contribution in [0, 0.1) is 11.8 Å². The van der Waals surface area contributed by atoms with Gasteiger partial charge in [0.1, 0.15) is 12.1 Å². The number of imide groups is 1. The van der Waals surface area contributed by atoms with Gasteiger partial charge in [-0.05, 0) is 49.2 Å². The number of halogens is 1. The molecule has 4 amide bonds. The van der Waals surface area contributed by atoms with Gasteiger partial charge in [0.15, 0.2) is 0 Å². The molecule has 196 valence electrons. The molecule has 9 heteroatoms. The van der Waals surface area contributed by atoms with E-state index < -0.39 is 35.2 Å². The quantitative estimate of drug-likeness (QED) is 0.515. The number of anilines is 3. The molecule has 0 saturated carbocycles. The number of hydrogen-bond donors (Lipinski definition) is 1. The minimum absolute atomic E-state index is 0.167. The zero-order chi connectivity index (χ0) is 27.1. The first-order chi connectivity index (χ1) is 18.8. The first kappa shape index (κ1) is 24.1. The molecule has 0 bridgehead atoms. The predicted molar refractivity (Wildman–Crippen MR) is 146 cm³/mol. The molecule has 0 radical (unpaired) electrons. The number of para-hydroxylation sites is 2. The van der Waals surface area contributed by atoms with Crippen molar-refractivity contribution in [3.8, 4) is 0 Å². The van der Waals surface area contributed by atoms with Crippen molar-refractivity contribution >= 4 is 52.3 Å². The van der Waals surface area contributed by atoms with Crippen molar-refractivity contribution in [1.29, 1.82) is 0 Å². The molecule has 1 spiro atoms. The van der Waals surface area contributed by atoms with Crippen LogP contribution in [0.2, 0.25) is 5.02 Å². The molecular formula is C30H25ClN4O4. The molecule has 4 aliphatic heterocycles. The largest absolute Gasteiger partial charge is 0.310 e. The average Bonchev–Trinajstić information content (AvgIpc) is 3.63. The number of nitrogens with zero attached hydrogens (tertiary/aromatic N) is 3. The van der Waals surface area contributed by atoms with Crippen molar-refractivity contribution in [3.05, 3.63) is 88.9 Å². The molecule has 2 saturated heterocycles. The molecule has 0 aliphatic carbocycles. The molecule has 4 heterocycles. The van der Waals surface area contributed by atoms with Crippen LogP contribution in [-0.2, 0) is 31.1 Å². The zero-order valence-electron chi connectivity index (χ0n) is 21.1. The standard InChI is InChI=1S/C30H25ClN4O4/c1-17-25-26(28(38)35(27(25)37)20-9-6-8-19(31)15-20)30(32-17)21-10-3-5-12-23(21)34(29(30)39)16-24(36)33-14-13-18-7-2-4-11-22(18)33/h2-12,15,17,25-26,32H,13-14,16H2,1H3/t17-,25-,26-,30-/m0/s1. The molecule has 0 aromatic heterocycles. The van der Waals surface area contributed by atoms with E-state index in [1.165, 1.54) is 4.90 Å². The molecule has 4 atom stereocenters. The van der Waals surface area contributed by atoms with Gasteiger partial charge in [0, 0.05) is 34.5 Å². The van der Waals surface area contributed by atoms with Gasteiger partial charge in [-0.15, -0.1) is 0 Å². The van der Waals surface area contributed by atoms with E-state index in [0.29, 0.717) is 28.5 Å². The molecule has 3 aromatic rings. The lowest BCUT2D eigenvalue weighted by molar-refractivity contribution is -0.132. The Labute approximate surface area is 230 Å². The van der Waals surface area contributed by atoms with Crippen LogP contribution < -0.4 is 20.0 Å². The lowest BCUT2D eigenvalue weighted by Crippen LogP contribution is -2.56. The lowest BCUT2D eigenvalue weighted by Gasteiger charge is -2.30. The van der Waals surface area contributed by atoms with Crippen molar-refractivity contribution < 1.29 is 19.2 Å². The number of carbonyl (C=O) groups excluding carboxylic acids is 4. The van der Waals surface area contributed by atoms with Gasteiger partial charge >= 0.3 is 0 Å². The number of rotatable bonds is 3. The summed E-state index contributed by atoms with van der Waals surface area (Å²) in [6.45, 7) is 2.21. The van der Waals surface area contributed by atoms with E-state index in [2.05, 4.69) is 5.32 Å². The number of amides is 4. The van der Waals surface area contributed by atoms with Crippen LogP contribution in [0.15, 0.2) is 72.8 Å². The Kier molecular flexibility index (Phi) is 5.24. The van der Waals surface area contributed by atoms with E-state index >= 15 is 0 Å². The molecule has 2 fully saturated rings. The maximum absolute atomic E-state index is 14.4. The summed E-state index contributed by atoms with van der Waals surface area (Å²) in [4.78, 5) is 60.0. The van der Waals surface area contributed by atoms with Crippen molar-refractivity contribution in [3.63, 3.8) is 0 Å². The summed E-state index contributed by atoms with van der Waals surface area (Å²) in [5, 5.41) is 3.76. The Morgan fingerprint density at radius 3 is 2.51 bits per heavy atom.